The van der Waals surface area contributed by atoms with E-state index in [0.29, 0.717) is 28.4 Å². The summed E-state index contributed by atoms with van der Waals surface area (Å²) in [5, 5.41) is 19.1. The van der Waals surface area contributed by atoms with Crippen molar-refractivity contribution >= 4 is 6.08 Å². The van der Waals surface area contributed by atoms with Crippen molar-refractivity contribution in [3.05, 3.63) is 101 Å². The van der Waals surface area contributed by atoms with Gasteiger partial charge in [-0.1, -0.05) is 37.3 Å². The first kappa shape index (κ1) is 26.9. The van der Waals surface area contributed by atoms with Crippen LogP contribution in [0.1, 0.15) is 24.5 Å². The second-order valence-corrected chi connectivity index (χ2v) is 8.83. The van der Waals surface area contributed by atoms with E-state index in [1.807, 2.05) is 0 Å². The predicted molar refractivity (Wildman–Crippen MR) is 127 cm³/mol. The molecule has 0 aliphatic heterocycles. The first-order valence-electron chi connectivity index (χ1n) is 11.4. The average molecular weight is 534 g/mol. The van der Waals surface area contributed by atoms with Gasteiger partial charge in [0.1, 0.15) is 42.8 Å². The number of allylic oxidation sites excluding steroid dienone is 1. The highest BCUT2D eigenvalue weighted by atomic mass is 19.4. The zero-order valence-electron chi connectivity index (χ0n) is 20.1. The van der Waals surface area contributed by atoms with E-state index in [-0.39, 0.29) is 12.1 Å². The largest absolute Gasteiger partial charge is 0.408 e. The number of benzene rings is 2. The number of halogens is 5. The zero-order valence-corrected chi connectivity index (χ0v) is 20.1. The highest BCUT2D eigenvalue weighted by Crippen LogP contribution is 2.35. The molecule has 4 aromatic rings. The molecule has 0 saturated heterocycles. The van der Waals surface area contributed by atoms with E-state index in [0.717, 1.165) is 17.0 Å². The minimum Gasteiger partial charge on any atom is -0.383 e. The van der Waals surface area contributed by atoms with Gasteiger partial charge in [-0.2, -0.15) is 23.4 Å². The van der Waals surface area contributed by atoms with Crippen LogP contribution in [0.2, 0.25) is 0 Å². The molecule has 200 valence electrons. The molecule has 0 amide bonds. The van der Waals surface area contributed by atoms with Crippen LogP contribution < -0.4 is 5.69 Å². The van der Waals surface area contributed by atoms with Gasteiger partial charge >= 0.3 is 11.9 Å². The molecule has 4 rings (SSSR count). The maximum absolute atomic E-state index is 14.7. The fourth-order valence-electron chi connectivity index (χ4n) is 4.05. The summed E-state index contributed by atoms with van der Waals surface area (Å²) in [5.74, 6) is -2.19. The van der Waals surface area contributed by atoms with Crippen LogP contribution in [0, 0.1) is 17.6 Å². The third-order valence-electron chi connectivity index (χ3n) is 6.12. The van der Waals surface area contributed by atoms with Gasteiger partial charge in [-0.05, 0) is 36.1 Å². The van der Waals surface area contributed by atoms with Crippen LogP contribution in [0.25, 0.3) is 11.8 Å². The normalized spacial score (nSPS) is 14.6. The molecule has 38 heavy (non-hydrogen) atoms. The Bertz CT molecular complexity index is 1460. The summed E-state index contributed by atoms with van der Waals surface area (Å²) in [6.07, 6.45) is 2.92. The SMILES string of the molecule is C[C@@H](C/C=C/c1ccc(-n2cnn(CC(F)(F)F)c2=O)cc1)[C@](O)(Cn1cncn1)c1ccc(F)cc1F. The van der Waals surface area contributed by atoms with Gasteiger partial charge in [0.25, 0.3) is 0 Å². The molecule has 0 bridgehead atoms. The fraction of sp³-hybridized carbons (Fsp3) is 0.280. The van der Waals surface area contributed by atoms with Crippen molar-refractivity contribution in [2.75, 3.05) is 0 Å². The fourth-order valence-corrected chi connectivity index (χ4v) is 4.05. The monoisotopic (exact) mass is 534 g/mol. The molecule has 1 N–H and O–H groups in total. The number of rotatable bonds is 9. The maximum Gasteiger partial charge on any atom is 0.408 e. The quantitative estimate of drug-likeness (QED) is 0.327. The third-order valence-corrected chi connectivity index (χ3v) is 6.12. The summed E-state index contributed by atoms with van der Waals surface area (Å²) in [7, 11) is 0. The van der Waals surface area contributed by atoms with Crippen molar-refractivity contribution < 1.29 is 27.1 Å². The van der Waals surface area contributed by atoms with Crippen molar-refractivity contribution in [3.63, 3.8) is 0 Å². The zero-order chi connectivity index (χ0) is 27.5. The van der Waals surface area contributed by atoms with E-state index < -0.39 is 41.6 Å². The van der Waals surface area contributed by atoms with Crippen LogP contribution in [0.5, 0.6) is 0 Å². The molecule has 2 heterocycles. The summed E-state index contributed by atoms with van der Waals surface area (Å²) in [6.45, 7) is 0.122. The van der Waals surface area contributed by atoms with E-state index in [1.165, 1.54) is 23.4 Å². The molecule has 0 aliphatic rings. The lowest BCUT2D eigenvalue weighted by molar-refractivity contribution is -0.143. The van der Waals surface area contributed by atoms with Gasteiger partial charge in [0.15, 0.2) is 0 Å². The standard InChI is InChI=1S/C25H23F5N6O2/c1-17(24(38,12-34-15-31-14-32-34)21-10-7-19(26)11-22(21)27)3-2-4-18-5-8-20(9-6-18)35-16-33-36(23(35)37)13-25(28,29)30/h2,4-11,14-17,38H,3,12-13H2,1H3/b4-2+/t17-,24+/m0/s1. The Morgan fingerprint density at radius 3 is 2.39 bits per heavy atom. The number of aliphatic hydroxyl groups is 1. The summed E-state index contributed by atoms with van der Waals surface area (Å²) >= 11 is 0. The molecule has 0 saturated carbocycles. The Kier molecular flexibility index (Phi) is 7.58. The highest BCUT2D eigenvalue weighted by Gasteiger charge is 2.38. The number of hydrogen-bond acceptors (Lipinski definition) is 5. The smallest absolute Gasteiger partial charge is 0.383 e. The van der Waals surface area contributed by atoms with Crippen LogP contribution in [-0.4, -0.2) is 40.4 Å². The number of alkyl halides is 3. The first-order valence-corrected chi connectivity index (χ1v) is 11.4. The summed E-state index contributed by atoms with van der Waals surface area (Å²) in [4.78, 5) is 16.1. The Morgan fingerprint density at radius 1 is 1.03 bits per heavy atom. The molecule has 0 spiro atoms. The summed E-state index contributed by atoms with van der Waals surface area (Å²) in [5.41, 5.74) is -1.68. The lowest BCUT2D eigenvalue weighted by atomic mass is 9.80. The number of hydrogen-bond donors (Lipinski definition) is 1. The van der Waals surface area contributed by atoms with Crippen molar-refractivity contribution in [2.24, 2.45) is 5.92 Å². The molecule has 0 aliphatic carbocycles. The predicted octanol–water partition coefficient (Wildman–Crippen LogP) is 4.09. The van der Waals surface area contributed by atoms with E-state index in [4.69, 9.17) is 0 Å². The summed E-state index contributed by atoms with van der Waals surface area (Å²) in [6, 6.07) is 9.42. The van der Waals surface area contributed by atoms with Gasteiger partial charge in [0.2, 0.25) is 0 Å². The first-order chi connectivity index (χ1) is 18.0. The molecule has 2 aromatic heterocycles. The van der Waals surface area contributed by atoms with Gasteiger partial charge in [-0.3, -0.25) is 0 Å². The molecule has 0 unspecified atom stereocenters. The molecule has 2 aromatic carbocycles. The van der Waals surface area contributed by atoms with Crippen molar-refractivity contribution in [1.82, 2.24) is 29.1 Å². The molecule has 8 nitrogen and oxygen atoms in total. The van der Waals surface area contributed by atoms with Gasteiger partial charge < -0.3 is 5.11 Å². The van der Waals surface area contributed by atoms with E-state index in [2.05, 4.69) is 15.2 Å². The Labute approximate surface area is 213 Å². The van der Waals surface area contributed by atoms with Crippen LogP contribution in [0.4, 0.5) is 22.0 Å². The maximum atomic E-state index is 14.7. The molecular formula is C25H23F5N6O2. The molecule has 2 atom stereocenters. The van der Waals surface area contributed by atoms with Crippen molar-refractivity contribution in [1.29, 1.82) is 0 Å². The van der Waals surface area contributed by atoms with Crippen LogP contribution in [0.3, 0.4) is 0 Å². The molecule has 13 heteroatoms. The second kappa shape index (κ2) is 10.7. The topological polar surface area (TPSA) is 90.8 Å². The minimum atomic E-state index is -4.57. The second-order valence-electron chi connectivity index (χ2n) is 8.83. The highest BCUT2D eigenvalue weighted by molar-refractivity contribution is 5.51. The number of aromatic nitrogens is 6. The van der Waals surface area contributed by atoms with Crippen LogP contribution in [0.15, 0.2) is 72.3 Å². The van der Waals surface area contributed by atoms with Crippen molar-refractivity contribution in [3.8, 4) is 5.69 Å². The van der Waals surface area contributed by atoms with Crippen LogP contribution in [-0.2, 0) is 18.7 Å². The Hall–Kier alpha value is -4.13. The van der Waals surface area contributed by atoms with Gasteiger partial charge in [0.05, 0.1) is 12.2 Å². The number of nitrogens with zero attached hydrogens (tertiary/aromatic N) is 6. The molecular weight excluding hydrogens is 511 g/mol. The molecule has 0 fully saturated rings. The minimum absolute atomic E-state index is 0.0730. The molecule has 0 radical (unpaired) electrons. The van der Waals surface area contributed by atoms with Gasteiger partial charge in [-0.15, -0.1) is 0 Å². The van der Waals surface area contributed by atoms with E-state index in [9.17, 15) is 31.9 Å². The van der Waals surface area contributed by atoms with Crippen LogP contribution >= 0.6 is 0 Å². The lowest BCUT2D eigenvalue weighted by Gasteiger charge is -2.34. The van der Waals surface area contributed by atoms with Crippen molar-refractivity contribution in [2.45, 2.75) is 38.2 Å². The van der Waals surface area contributed by atoms with E-state index >= 15 is 0 Å². The third kappa shape index (κ3) is 6.05. The average Bonchev–Trinajstić information content (AvgIpc) is 3.48. The Morgan fingerprint density at radius 2 is 1.76 bits per heavy atom. The van der Waals surface area contributed by atoms with Gasteiger partial charge in [-0.25, -0.2) is 32.5 Å². The Balaban J connectivity index is 1.49. The lowest BCUT2D eigenvalue weighted by Crippen LogP contribution is -2.39. The van der Waals surface area contributed by atoms with Gasteiger partial charge in [0, 0.05) is 11.6 Å². The summed E-state index contributed by atoms with van der Waals surface area (Å²) < 4.78 is 68.6. The van der Waals surface area contributed by atoms with E-state index in [1.54, 1.807) is 43.3 Å².